The Kier molecular flexibility index (Phi) is 5.28. The van der Waals surface area contributed by atoms with Crippen LogP contribution in [0, 0.1) is 6.92 Å². The van der Waals surface area contributed by atoms with E-state index in [1.54, 1.807) is 22.9 Å². The molecule has 4 rings (SSSR count). The molecule has 0 atom stereocenters. The van der Waals surface area contributed by atoms with Crippen LogP contribution in [0.3, 0.4) is 0 Å². The minimum atomic E-state index is -3.63. The molecule has 0 radical (unpaired) electrons. The fourth-order valence-corrected chi connectivity index (χ4v) is 4.61. The van der Waals surface area contributed by atoms with Crippen molar-refractivity contribution in [3.63, 3.8) is 0 Å². The Morgan fingerprint density at radius 1 is 1.14 bits per heavy atom. The second-order valence-electron chi connectivity index (χ2n) is 6.94. The van der Waals surface area contributed by atoms with Gasteiger partial charge < -0.3 is 5.32 Å². The van der Waals surface area contributed by atoms with Crippen molar-refractivity contribution in [1.29, 1.82) is 0 Å². The van der Waals surface area contributed by atoms with Crippen molar-refractivity contribution in [3.8, 4) is 5.69 Å². The van der Waals surface area contributed by atoms with Gasteiger partial charge in [-0.05, 0) is 56.2 Å². The maximum Gasteiger partial charge on any atom is 0.256 e. The maximum atomic E-state index is 12.8. The second-order valence-corrected chi connectivity index (χ2v) is 9.57. The largest absolute Gasteiger partial charge is 0.306 e. The van der Waals surface area contributed by atoms with Gasteiger partial charge in [0, 0.05) is 22.1 Å². The number of carbonyl (C=O) groups excluding carboxylic acids is 1. The Morgan fingerprint density at radius 2 is 1.90 bits per heavy atom. The summed E-state index contributed by atoms with van der Waals surface area (Å²) in [6.45, 7) is 1.83. The molecule has 0 spiro atoms. The van der Waals surface area contributed by atoms with Crippen molar-refractivity contribution in [2.24, 2.45) is 0 Å². The Hall–Kier alpha value is -2.49. The minimum Gasteiger partial charge on any atom is -0.306 e. The van der Waals surface area contributed by atoms with E-state index in [9.17, 15) is 13.2 Å². The third-order valence-electron chi connectivity index (χ3n) is 4.43. The van der Waals surface area contributed by atoms with E-state index in [1.807, 2.05) is 31.2 Å². The third-order valence-corrected chi connectivity index (χ3v) is 6.44. The lowest BCUT2D eigenvalue weighted by molar-refractivity contribution is 0.102. The SMILES string of the molecule is Cc1cc(NC(=O)c2cccc(S(=O)(=O)NC3CC3)c2)n(-c2cccc(Br)c2)n1. The molecule has 0 saturated heterocycles. The van der Waals surface area contributed by atoms with Gasteiger partial charge in [-0.2, -0.15) is 5.10 Å². The van der Waals surface area contributed by atoms with Gasteiger partial charge >= 0.3 is 0 Å². The standard InChI is InChI=1S/C20H19BrN4O3S/c1-13-10-19(25(23-13)17-6-3-5-15(21)12-17)22-20(26)14-4-2-7-18(11-14)29(27,28)24-16-8-9-16/h2-7,10-12,16,24H,8-9H2,1H3,(H,22,26). The molecule has 2 N–H and O–H groups in total. The van der Waals surface area contributed by atoms with Crippen molar-refractivity contribution in [3.05, 3.63) is 70.3 Å². The molecule has 1 aliphatic carbocycles. The fourth-order valence-electron chi connectivity index (χ4n) is 2.87. The highest BCUT2D eigenvalue weighted by Gasteiger charge is 2.28. The Bertz CT molecular complexity index is 1190. The van der Waals surface area contributed by atoms with Gasteiger partial charge in [-0.15, -0.1) is 0 Å². The van der Waals surface area contributed by atoms with Gasteiger partial charge in [-0.1, -0.05) is 28.1 Å². The Morgan fingerprint density at radius 3 is 2.62 bits per heavy atom. The number of rotatable bonds is 6. The molecule has 1 aromatic heterocycles. The molecule has 29 heavy (non-hydrogen) atoms. The lowest BCUT2D eigenvalue weighted by Gasteiger charge is -2.10. The quantitative estimate of drug-likeness (QED) is 0.570. The number of anilines is 1. The number of amides is 1. The summed E-state index contributed by atoms with van der Waals surface area (Å²) in [6, 6.07) is 15.3. The smallest absolute Gasteiger partial charge is 0.256 e. The molecule has 1 saturated carbocycles. The van der Waals surface area contributed by atoms with Crippen LogP contribution in [0.4, 0.5) is 5.82 Å². The van der Waals surface area contributed by atoms with Gasteiger partial charge in [0.25, 0.3) is 5.91 Å². The molecule has 7 nitrogen and oxygen atoms in total. The summed E-state index contributed by atoms with van der Waals surface area (Å²) in [5.41, 5.74) is 1.78. The molecule has 1 fully saturated rings. The minimum absolute atomic E-state index is 0.00000525. The molecule has 1 amide bonds. The van der Waals surface area contributed by atoms with Crippen LogP contribution in [-0.4, -0.2) is 30.1 Å². The van der Waals surface area contributed by atoms with Crippen LogP contribution in [0.2, 0.25) is 0 Å². The molecule has 2 aromatic carbocycles. The predicted octanol–water partition coefficient (Wildman–Crippen LogP) is 3.64. The molecular formula is C20H19BrN4O3S. The third kappa shape index (κ3) is 4.58. The predicted molar refractivity (Wildman–Crippen MR) is 114 cm³/mol. The molecule has 1 aliphatic rings. The molecule has 0 bridgehead atoms. The van der Waals surface area contributed by atoms with Crippen molar-refractivity contribution in [2.75, 3.05) is 5.32 Å². The number of nitrogens with one attached hydrogen (secondary N) is 2. The molecular weight excluding hydrogens is 456 g/mol. The summed E-state index contributed by atoms with van der Waals surface area (Å²) >= 11 is 3.43. The van der Waals surface area contributed by atoms with Gasteiger partial charge in [0.05, 0.1) is 16.3 Å². The number of carbonyl (C=O) groups is 1. The number of aromatic nitrogens is 2. The van der Waals surface area contributed by atoms with Gasteiger partial charge in [-0.3, -0.25) is 4.79 Å². The summed E-state index contributed by atoms with van der Waals surface area (Å²) in [5.74, 6) is 0.0829. The molecule has 0 aliphatic heterocycles. The normalized spacial score (nSPS) is 14.0. The van der Waals surface area contributed by atoms with Gasteiger partial charge in [0.2, 0.25) is 10.0 Å². The van der Waals surface area contributed by atoms with Crippen molar-refractivity contribution in [2.45, 2.75) is 30.7 Å². The number of aryl methyl sites for hydroxylation is 1. The van der Waals surface area contributed by atoms with Gasteiger partial charge in [-0.25, -0.2) is 17.8 Å². The van der Waals surface area contributed by atoms with Crippen LogP contribution >= 0.6 is 15.9 Å². The van der Waals surface area contributed by atoms with Gasteiger partial charge in [0.1, 0.15) is 5.82 Å². The summed E-state index contributed by atoms with van der Waals surface area (Å²) < 4.78 is 30.0. The van der Waals surface area contributed by atoms with Crippen LogP contribution in [-0.2, 0) is 10.0 Å². The van der Waals surface area contributed by atoms with Crippen LogP contribution in [0.15, 0.2) is 64.0 Å². The topological polar surface area (TPSA) is 93.1 Å². The Balaban J connectivity index is 1.60. The average Bonchev–Trinajstić information content (AvgIpc) is 3.41. The first-order valence-electron chi connectivity index (χ1n) is 9.08. The summed E-state index contributed by atoms with van der Waals surface area (Å²) in [7, 11) is -3.63. The van der Waals surface area contributed by atoms with Crippen LogP contribution in [0.25, 0.3) is 5.69 Å². The molecule has 1 heterocycles. The highest BCUT2D eigenvalue weighted by Crippen LogP contribution is 2.24. The first-order valence-corrected chi connectivity index (χ1v) is 11.4. The summed E-state index contributed by atoms with van der Waals surface area (Å²) in [4.78, 5) is 12.9. The average molecular weight is 475 g/mol. The number of hydrogen-bond donors (Lipinski definition) is 2. The molecule has 3 aromatic rings. The van der Waals surface area contributed by atoms with E-state index in [2.05, 4.69) is 31.1 Å². The lowest BCUT2D eigenvalue weighted by Crippen LogP contribution is -2.26. The zero-order valence-electron chi connectivity index (χ0n) is 15.6. The number of hydrogen-bond acceptors (Lipinski definition) is 4. The van der Waals surface area contributed by atoms with E-state index in [-0.39, 0.29) is 16.5 Å². The van der Waals surface area contributed by atoms with Gasteiger partial charge in [0.15, 0.2) is 0 Å². The van der Waals surface area contributed by atoms with Crippen molar-refractivity contribution >= 4 is 37.7 Å². The number of benzene rings is 2. The van der Waals surface area contributed by atoms with E-state index in [4.69, 9.17) is 0 Å². The monoisotopic (exact) mass is 474 g/mol. The fraction of sp³-hybridized carbons (Fsp3) is 0.200. The summed E-state index contributed by atoms with van der Waals surface area (Å²) in [5, 5.41) is 7.27. The zero-order valence-corrected chi connectivity index (χ0v) is 18.0. The van der Waals surface area contributed by atoms with Crippen LogP contribution in [0.1, 0.15) is 28.9 Å². The molecule has 0 unspecified atom stereocenters. The maximum absolute atomic E-state index is 12.8. The first-order chi connectivity index (χ1) is 13.8. The van der Waals surface area contributed by atoms with Crippen LogP contribution < -0.4 is 10.0 Å². The van der Waals surface area contributed by atoms with E-state index in [1.165, 1.54) is 12.1 Å². The van der Waals surface area contributed by atoms with Crippen molar-refractivity contribution in [1.82, 2.24) is 14.5 Å². The first kappa shape index (κ1) is 19.8. The van der Waals surface area contributed by atoms with Crippen LogP contribution in [0.5, 0.6) is 0 Å². The molecule has 150 valence electrons. The lowest BCUT2D eigenvalue weighted by atomic mass is 10.2. The van der Waals surface area contributed by atoms with E-state index in [0.717, 1.165) is 28.7 Å². The van der Waals surface area contributed by atoms with E-state index >= 15 is 0 Å². The zero-order chi connectivity index (χ0) is 20.6. The van der Waals surface area contributed by atoms with E-state index in [0.29, 0.717) is 5.82 Å². The number of nitrogens with zero attached hydrogens (tertiary/aromatic N) is 2. The highest BCUT2D eigenvalue weighted by molar-refractivity contribution is 9.10. The van der Waals surface area contributed by atoms with Crippen molar-refractivity contribution < 1.29 is 13.2 Å². The van der Waals surface area contributed by atoms with E-state index < -0.39 is 15.9 Å². The Labute approximate surface area is 177 Å². The number of sulfonamides is 1. The molecule has 9 heteroatoms. The number of halogens is 1. The summed E-state index contributed by atoms with van der Waals surface area (Å²) in [6.07, 6.45) is 1.69. The second kappa shape index (κ2) is 7.74. The highest BCUT2D eigenvalue weighted by atomic mass is 79.9.